The fourth-order valence-corrected chi connectivity index (χ4v) is 3.85. The summed E-state index contributed by atoms with van der Waals surface area (Å²) in [5.74, 6) is -0.00165. The van der Waals surface area contributed by atoms with Crippen molar-refractivity contribution in [1.29, 1.82) is 0 Å². The van der Waals surface area contributed by atoms with Crippen LogP contribution in [0.3, 0.4) is 0 Å². The van der Waals surface area contributed by atoms with Crippen LogP contribution in [0.1, 0.15) is 34.6 Å². The van der Waals surface area contributed by atoms with Gasteiger partial charge in [-0.25, -0.2) is 0 Å². The van der Waals surface area contributed by atoms with Gasteiger partial charge < -0.3 is 10.2 Å². The summed E-state index contributed by atoms with van der Waals surface area (Å²) >= 11 is 0. The normalized spacial score (nSPS) is 15.6. The molecule has 1 saturated heterocycles. The van der Waals surface area contributed by atoms with E-state index in [0.717, 1.165) is 0 Å². The lowest BCUT2D eigenvalue weighted by molar-refractivity contribution is -0.385. The highest BCUT2D eigenvalue weighted by molar-refractivity contribution is 6.01. The van der Waals surface area contributed by atoms with E-state index in [1.54, 1.807) is 36.7 Å². The van der Waals surface area contributed by atoms with E-state index in [1.165, 1.54) is 23.1 Å². The Morgan fingerprint density at radius 2 is 2.00 bits per heavy atom. The van der Waals surface area contributed by atoms with Gasteiger partial charge in [0.2, 0.25) is 5.91 Å². The molecule has 0 saturated carbocycles. The molecule has 1 N–H and O–H groups in total. The van der Waals surface area contributed by atoms with Crippen LogP contribution in [0.15, 0.2) is 42.5 Å². The topological polar surface area (TPSA) is 136 Å². The minimum atomic E-state index is -0.628. The highest BCUT2D eigenvalue weighted by Gasteiger charge is 2.35. The Labute approximate surface area is 183 Å². The summed E-state index contributed by atoms with van der Waals surface area (Å²) in [5.41, 5.74) is 1.94. The van der Waals surface area contributed by atoms with Crippen molar-refractivity contribution in [3.63, 3.8) is 0 Å². The molecule has 2 amide bonds. The lowest BCUT2D eigenvalue weighted by Crippen LogP contribution is -2.43. The number of hydrogen-bond acceptors (Lipinski definition) is 7. The molecule has 1 aromatic heterocycles. The maximum absolute atomic E-state index is 13.0. The second kappa shape index (κ2) is 8.53. The quantitative estimate of drug-likeness (QED) is 0.480. The van der Waals surface area contributed by atoms with Gasteiger partial charge in [0.15, 0.2) is 5.82 Å². The number of likely N-dealkylation sites (tertiary alicyclic amines) is 1. The van der Waals surface area contributed by atoms with Crippen molar-refractivity contribution in [1.82, 2.24) is 25.1 Å². The van der Waals surface area contributed by atoms with E-state index in [1.807, 2.05) is 6.07 Å². The highest BCUT2D eigenvalue weighted by atomic mass is 16.6. The van der Waals surface area contributed by atoms with E-state index in [0.29, 0.717) is 47.7 Å². The van der Waals surface area contributed by atoms with Gasteiger partial charge in [-0.05, 0) is 67.4 Å². The van der Waals surface area contributed by atoms with Gasteiger partial charge in [-0.3, -0.25) is 19.7 Å². The van der Waals surface area contributed by atoms with E-state index in [2.05, 4.69) is 20.8 Å². The van der Waals surface area contributed by atoms with Gasteiger partial charge >= 0.3 is 0 Å². The number of carbonyl (C=O) groups is 2. The fraction of sp³-hybridized carbons (Fsp3) is 0.286. The third-order valence-corrected chi connectivity index (χ3v) is 5.44. The Morgan fingerprint density at radius 3 is 2.69 bits per heavy atom. The van der Waals surface area contributed by atoms with Gasteiger partial charge in [-0.15, -0.1) is 5.10 Å². The molecule has 3 aromatic rings. The van der Waals surface area contributed by atoms with E-state index < -0.39 is 11.0 Å². The lowest BCUT2D eigenvalue weighted by atomic mass is 10.1. The number of carbonyl (C=O) groups excluding carboxylic acids is 2. The number of benzene rings is 2. The third kappa shape index (κ3) is 4.04. The Kier molecular flexibility index (Phi) is 5.63. The average Bonchev–Trinajstić information content (AvgIpc) is 3.42. The summed E-state index contributed by atoms with van der Waals surface area (Å²) in [4.78, 5) is 38.1. The number of rotatable bonds is 5. The second-order valence-corrected chi connectivity index (χ2v) is 7.59. The predicted molar refractivity (Wildman–Crippen MR) is 114 cm³/mol. The number of nitrogens with one attached hydrogen (secondary N) is 1. The summed E-state index contributed by atoms with van der Waals surface area (Å²) in [5, 5.41) is 25.3. The van der Waals surface area contributed by atoms with Crippen LogP contribution in [0.4, 0.5) is 11.4 Å². The van der Waals surface area contributed by atoms with E-state index in [9.17, 15) is 19.7 Å². The molecular weight excluding hydrogens is 414 g/mol. The SMILES string of the molecule is Cc1cc(C(=O)N2CCCC2C(=O)Nc2cccc(-n3nnnc3C)c2)ccc1[N+](=O)[O-]. The number of aryl methyl sites for hydroxylation is 2. The largest absolute Gasteiger partial charge is 0.327 e. The van der Waals surface area contributed by atoms with Crippen molar-refractivity contribution in [2.24, 2.45) is 0 Å². The van der Waals surface area contributed by atoms with Gasteiger partial charge in [0.1, 0.15) is 6.04 Å². The minimum absolute atomic E-state index is 0.0463. The number of aromatic nitrogens is 4. The number of anilines is 1. The van der Waals surface area contributed by atoms with Crippen molar-refractivity contribution in [3.05, 3.63) is 69.5 Å². The number of hydrogen-bond donors (Lipinski definition) is 1. The molecule has 0 radical (unpaired) electrons. The first-order valence-corrected chi connectivity index (χ1v) is 10.1. The minimum Gasteiger partial charge on any atom is -0.327 e. The first-order valence-electron chi connectivity index (χ1n) is 10.1. The van der Waals surface area contributed by atoms with Crippen LogP contribution in [0.2, 0.25) is 0 Å². The molecule has 164 valence electrons. The summed E-state index contributed by atoms with van der Waals surface area (Å²) in [6, 6.07) is 10.7. The third-order valence-electron chi connectivity index (χ3n) is 5.44. The molecule has 11 heteroatoms. The summed E-state index contributed by atoms with van der Waals surface area (Å²) in [7, 11) is 0. The van der Waals surface area contributed by atoms with Crippen molar-refractivity contribution < 1.29 is 14.5 Å². The van der Waals surface area contributed by atoms with Crippen LogP contribution in [-0.4, -0.2) is 54.4 Å². The molecule has 32 heavy (non-hydrogen) atoms. The molecule has 1 aliphatic rings. The molecule has 4 rings (SSSR count). The maximum Gasteiger partial charge on any atom is 0.272 e. The van der Waals surface area contributed by atoms with Gasteiger partial charge in [0.25, 0.3) is 11.6 Å². The fourth-order valence-electron chi connectivity index (χ4n) is 3.85. The standard InChI is InChI=1S/C21H21N7O4/c1-13-11-15(8-9-18(13)28(31)32)21(30)26-10-4-7-19(26)20(29)22-16-5-3-6-17(12-16)27-14(2)23-24-25-27/h3,5-6,8-9,11-12,19H,4,7,10H2,1-2H3,(H,22,29). The molecule has 0 spiro atoms. The number of nitro groups is 1. The summed E-state index contributed by atoms with van der Waals surface area (Å²) in [6.07, 6.45) is 1.23. The first kappa shape index (κ1) is 21.1. The van der Waals surface area contributed by atoms with Crippen molar-refractivity contribution in [2.75, 3.05) is 11.9 Å². The molecule has 1 unspecified atom stereocenters. The van der Waals surface area contributed by atoms with Crippen molar-refractivity contribution >= 4 is 23.2 Å². The Morgan fingerprint density at radius 1 is 1.19 bits per heavy atom. The van der Waals surface area contributed by atoms with Gasteiger partial charge in [0.05, 0.1) is 10.6 Å². The molecular formula is C21H21N7O4. The molecule has 1 atom stereocenters. The van der Waals surface area contributed by atoms with Gasteiger partial charge in [0, 0.05) is 29.4 Å². The average molecular weight is 435 g/mol. The molecule has 1 fully saturated rings. The Balaban J connectivity index is 1.51. The molecule has 0 bridgehead atoms. The summed E-state index contributed by atoms with van der Waals surface area (Å²) in [6.45, 7) is 3.80. The number of nitro benzene ring substituents is 1. The Hall–Kier alpha value is -4.15. The second-order valence-electron chi connectivity index (χ2n) is 7.59. The van der Waals surface area contributed by atoms with Crippen LogP contribution in [-0.2, 0) is 4.79 Å². The monoisotopic (exact) mass is 435 g/mol. The molecule has 0 aliphatic carbocycles. The van der Waals surface area contributed by atoms with Crippen molar-refractivity contribution in [3.8, 4) is 5.69 Å². The number of amides is 2. The summed E-state index contributed by atoms with van der Waals surface area (Å²) < 4.78 is 1.55. The first-order chi connectivity index (χ1) is 15.3. The van der Waals surface area contributed by atoms with Crippen LogP contribution < -0.4 is 5.32 Å². The van der Waals surface area contributed by atoms with Gasteiger partial charge in [-0.1, -0.05) is 6.07 Å². The van der Waals surface area contributed by atoms with E-state index in [-0.39, 0.29) is 17.5 Å². The van der Waals surface area contributed by atoms with E-state index in [4.69, 9.17) is 0 Å². The van der Waals surface area contributed by atoms with E-state index >= 15 is 0 Å². The van der Waals surface area contributed by atoms with Crippen LogP contribution in [0.5, 0.6) is 0 Å². The zero-order valence-corrected chi connectivity index (χ0v) is 17.6. The molecule has 1 aliphatic heterocycles. The Bertz CT molecular complexity index is 1210. The maximum atomic E-state index is 13.0. The smallest absolute Gasteiger partial charge is 0.272 e. The highest BCUT2D eigenvalue weighted by Crippen LogP contribution is 2.25. The zero-order valence-electron chi connectivity index (χ0n) is 17.6. The van der Waals surface area contributed by atoms with Crippen molar-refractivity contribution in [2.45, 2.75) is 32.7 Å². The van der Waals surface area contributed by atoms with Crippen LogP contribution in [0, 0.1) is 24.0 Å². The van der Waals surface area contributed by atoms with Crippen LogP contribution >= 0.6 is 0 Å². The van der Waals surface area contributed by atoms with Crippen LogP contribution in [0.25, 0.3) is 5.69 Å². The molecule has 2 aromatic carbocycles. The zero-order chi connectivity index (χ0) is 22.8. The number of nitrogens with zero attached hydrogens (tertiary/aromatic N) is 6. The van der Waals surface area contributed by atoms with Gasteiger partial charge in [-0.2, -0.15) is 4.68 Å². The number of tetrazole rings is 1. The molecule has 11 nitrogen and oxygen atoms in total. The lowest BCUT2D eigenvalue weighted by Gasteiger charge is -2.24. The predicted octanol–water partition coefficient (Wildman–Crippen LogP) is 2.43. The molecule has 2 heterocycles.